The number of hydrogen-bond acceptors (Lipinski definition) is 3. The van der Waals surface area contributed by atoms with Gasteiger partial charge in [-0.1, -0.05) is 22.0 Å². The van der Waals surface area contributed by atoms with Crippen molar-refractivity contribution in [1.29, 1.82) is 0 Å². The minimum absolute atomic E-state index is 0.00578. The highest BCUT2D eigenvalue weighted by atomic mass is 79.9. The van der Waals surface area contributed by atoms with Gasteiger partial charge in [-0.05, 0) is 38.1 Å². The molecule has 0 bridgehead atoms. The van der Waals surface area contributed by atoms with E-state index in [9.17, 15) is 4.39 Å². The van der Waals surface area contributed by atoms with Gasteiger partial charge >= 0.3 is 0 Å². The van der Waals surface area contributed by atoms with Gasteiger partial charge in [-0.3, -0.25) is 0 Å². The van der Waals surface area contributed by atoms with Crippen molar-refractivity contribution in [3.05, 3.63) is 34.1 Å². The van der Waals surface area contributed by atoms with Crippen LogP contribution in [0.4, 0.5) is 4.39 Å². The van der Waals surface area contributed by atoms with Crippen molar-refractivity contribution in [2.75, 3.05) is 19.7 Å². The third-order valence-corrected chi connectivity index (χ3v) is 4.67. The van der Waals surface area contributed by atoms with Crippen molar-refractivity contribution in [3.63, 3.8) is 0 Å². The lowest BCUT2D eigenvalue weighted by molar-refractivity contribution is -0.0241. The average Bonchev–Trinajstić information content (AvgIpc) is 2.82. The second-order valence-electron chi connectivity index (χ2n) is 5.62. The van der Waals surface area contributed by atoms with E-state index in [4.69, 9.17) is 9.47 Å². The summed E-state index contributed by atoms with van der Waals surface area (Å²) in [7, 11) is 0. The molecule has 2 aliphatic rings. The lowest BCUT2D eigenvalue weighted by Crippen LogP contribution is -2.41. The summed E-state index contributed by atoms with van der Waals surface area (Å²) in [6.45, 7) is 2.95. The van der Waals surface area contributed by atoms with E-state index in [0.29, 0.717) is 18.8 Å². The van der Waals surface area contributed by atoms with E-state index in [2.05, 4.69) is 21.2 Å². The van der Waals surface area contributed by atoms with E-state index in [-0.39, 0.29) is 17.5 Å². The molecule has 0 amide bonds. The standard InChI is InChI=1S/C15H19BrFNO2/c16-12-2-1-11(14(17)7-12)9-19-13-8-15(20-10-13)3-5-18-6-4-15/h1-2,7,13,18H,3-6,8-10H2. The van der Waals surface area contributed by atoms with Gasteiger partial charge in [0.2, 0.25) is 0 Å². The Bertz CT molecular complexity index is 477. The first-order valence-electron chi connectivity index (χ1n) is 7.07. The molecule has 2 aliphatic heterocycles. The minimum atomic E-state index is -0.227. The third-order valence-electron chi connectivity index (χ3n) is 4.18. The maximum Gasteiger partial charge on any atom is 0.129 e. The quantitative estimate of drug-likeness (QED) is 0.914. The summed E-state index contributed by atoms with van der Waals surface area (Å²) < 4.78 is 26.3. The lowest BCUT2D eigenvalue weighted by atomic mass is 9.89. The van der Waals surface area contributed by atoms with Gasteiger partial charge in [-0.25, -0.2) is 4.39 Å². The first-order chi connectivity index (χ1) is 9.67. The van der Waals surface area contributed by atoms with E-state index in [0.717, 1.165) is 36.8 Å². The van der Waals surface area contributed by atoms with Gasteiger partial charge in [-0.2, -0.15) is 0 Å². The van der Waals surface area contributed by atoms with E-state index in [1.54, 1.807) is 6.07 Å². The van der Waals surface area contributed by atoms with Crippen LogP contribution in [0.2, 0.25) is 0 Å². The Morgan fingerprint density at radius 3 is 2.95 bits per heavy atom. The average molecular weight is 344 g/mol. The normalized spacial score (nSPS) is 25.2. The molecule has 1 N–H and O–H groups in total. The maximum atomic E-state index is 13.7. The van der Waals surface area contributed by atoms with Crippen molar-refractivity contribution in [1.82, 2.24) is 5.32 Å². The molecule has 20 heavy (non-hydrogen) atoms. The van der Waals surface area contributed by atoms with Crippen LogP contribution in [-0.2, 0) is 16.1 Å². The number of benzene rings is 1. The summed E-state index contributed by atoms with van der Waals surface area (Å²) in [5, 5.41) is 3.35. The molecule has 1 aromatic carbocycles. The van der Waals surface area contributed by atoms with Crippen LogP contribution < -0.4 is 5.32 Å². The summed E-state index contributed by atoms with van der Waals surface area (Å²) in [5.41, 5.74) is 0.591. The molecule has 2 heterocycles. The van der Waals surface area contributed by atoms with Crippen LogP contribution in [0, 0.1) is 5.82 Å². The van der Waals surface area contributed by atoms with Crippen molar-refractivity contribution in [2.24, 2.45) is 0 Å². The Labute approximate surface area is 127 Å². The molecular weight excluding hydrogens is 325 g/mol. The van der Waals surface area contributed by atoms with Crippen LogP contribution in [-0.4, -0.2) is 31.4 Å². The minimum Gasteiger partial charge on any atom is -0.372 e. The van der Waals surface area contributed by atoms with Crippen molar-refractivity contribution in [2.45, 2.75) is 37.6 Å². The maximum absolute atomic E-state index is 13.7. The van der Waals surface area contributed by atoms with Crippen LogP contribution in [0.5, 0.6) is 0 Å². The number of hydrogen-bond donors (Lipinski definition) is 1. The Morgan fingerprint density at radius 1 is 1.40 bits per heavy atom. The van der Waals surface area contributed by atoms with E-state index >= 15 is 0 Å². The molecule has 5 heteroatoms. The molecule has 3 nitrogen and oxygen atoms in total. The van der Waals surface area contributed by atoms with Gasteiger partial charge in [0.25, 0.3) is 0 Å². The van der Waals surface area contributed by atoms with Crippen molar-refractivity contribution < 1.29 is 13.9 Å². The van der Waals surface area contributed by atoms with Gasteiger partial charge in [0.1, 0.15) is 5.82 Å². The number of ether oxygens (including phenoxy) is 2. The molecule has 0 radical (unpaired) electrons. The Hall–Kier alpha value is -0.490. The van der Waals surface area contributed by atoms with Crippen LogP contribution in [0.1, 0.15) is 24.8 Å². The molecule has 110 valence electrons. The van der Waals surface area contributed by atoms with Gasteiger partial charge in [0.15, 0.2) is 0 Å². The van der Waals surface area contributed by atoms with E-state index < -0.39 is 0 Å². The zero-order valence-electron chi connectivity index (χ0n) is 11.3. The fourth-order valence-electron chi connectivity index (χ4n) is 2.99. The number of piperidine rings is 1. The highest BCUT2D eigenvalue weighted by Crippen LogP contribution is 2.35. The second kappa shape index (κ2) is 6.10. The summed E-state index contributed by atoms with van der Waals surface area (Å²) in [6.07, 6.45) is 3.09. The molecule has 0 aliphatic carbocycles. The van der Waals surface area contributed by atoms with Gasteiger partial charge in [-0.15, -0.1) is 0 Å². The van der Waals surface area contributed by atoms with Gasteiger partial charge < -0.3 is 14.8 Å². The molecule has 1 aromatic rings. The third kappa shape index (κ3) is 3.22. The molecule has 2 fully saturated rings. The molecule has 2 saturated heterocycles. The zero-order chi connectivity index (χ0) is 14.0. The summed E-state index contributed by atoms with van der Waals surface area (Å²) in [5.74, 6) is -0.227. The van der Waals surface area contributed by atoms with Crippen LogP contribution in [0.25, 0.3) is 0 Å². The fraction of sp³-hybridized carbons (Fsp3) is 0.600. The predicted octanol–water partition coefficient (Wildman–Crippen LogP) is 3.02. The largest absolute Gasteiger partial charge is 0.372 e. The smallest absolute Gasteiger partial charge is 0.129 e. The Kier molecular flexibility index (Phi) is 4.40. The molecule has 1 atom stereocenters. The monoisotopic (exact) mass is 343 g/mol. The van der Waals surface area contributed by atoms with Crippen molar-refractivity contribution in [3.8, 4) is 0 Å². The zero-order valence-corrected chi connectivity index (χ0v) is 12.9. The van der Waals surface area contributed by atoms with Crippen molar-refractivity contribution >= 4 is 15.9 Å². The topological polar surface area (TPSA) is 30.5 Å². The SMILES string of the molecule is Fc1cc(Br)ccc1COC1COC2(CCNCC2)C1. The molecule has 3 rings (SSSR count). The molecule has 0 aromatic heterocycles. The first kappa shape index (κ1) is 14.4. The molecule has 1 spiro atoms. The van der Waals surface area contributed by atoms with Crippen LogP contribution in [0.15, 0.2) is 22.7 Å². The van der Waals surface area contributed by atoms with E-state index in [1.807, 2.05) is 6.07 Å². The number of nitrogens with one attached hydrogen (secondary N) is 1. The number of rotatable bonds is 3. The first-order valence-corrected chi connectivity index (χ1v) is 7.86. The highest BCUT2D eigenvalue weighted by molar-refractivity contribution is 9.10. The molecular formula is C15H19BrFNO2. The van der Waals surface area contributed by atoms with Crippen LogP contribution >= 0.6 is 15.9 Å². The lowest BCUT2D eigenvalue weighted by Gasteiger charge is -2.32. The van der Waals surface area contributed by atoms with Gasteiger partial charge in [0, 0.05) is 16.5 Å². The predicted molar refractivity (Wildman–Crippen MR) is 78.1 cm³/mol. The molecule has 1 unspecified atom stereocenters. The molecule has 0 saturated carbocycles. The van der Waals surface area contributed by atoms with E-state index in [1.165, 1.54) is 6.07 Å². The van der Waals surface area contributed by atoms with Crippen LogP contribution in [0.3, 0.4) is 0 Å². The Morgan fingerprint density at radius 2 is 2.20 bits per heavy atom. The fourth-order valence-corrected chi connectivity index (χ4v) is 3.32. The summed E-state index contributed by atoms with van der Waals surface area (Å²) >= 11 is 3.25. The van der Waals surface area contributed by atoms with Gasteiger partial charge in [0.05, 0.1) is 24.9 Å². The summed E-state index contributed by atoms with van der Waals surface area (Å²) in [4.78, 5) is 0. The number of halogens is 2. The highest BCUT2D eigenvalue weighted by Gasteiger charge is 2.41. The Balaban J connectivity index is 1.54. The second-order valence-corrected chi connectivity index (χ2v) is 6.53. The summed E-state index contributed by atoms with van der Waals surface area (Å²) in [6, 6.07) is 5.06.